The molecule has 0 heterocycles. The van der Waals surface area contributed by atoms with Gasteiger partial charge in [0.2, 0.25) is 5.91 Å². The van der Waals surface area contributed by atoms with Gasteiger partial charge in [0.25, 0.3) is 0 Å². The predicted octanol–water partition coefficient (Wildman–Crippen LogP) is 2.11. The lowest BCUT2D eigenvalue weighted by Gasteiger charge is -2.12. The number of halogens is 2. The summed E-state index contributed by atoms with van der Waals surface area (Å²) in [7, 11) is 2.80. The Balaban J connectivity index is 3.51. The van der Waals surface area contributed by atoms with E-state index in [0.29, 0.717) is 0 Å². The van der Waals surface area contributed by atoms with E-state index in [2.05, 4.69) is 0 Å². The topological polar surface area (TPSA) is 61.5 Å². The van der Waals surface area contributed by atoms with Crippen LogP contribution in [0.15, 0.2) is 6.07 Å². The molecule has 1 amide bonds. The zero-order valence-electron chi connectivity index (χ0n) is 8.14. The van der Waals surface area contributed by atoms with Gasteiger partial charge in [-0.15, -0.1) is 0 Å². The van der Waals surface area contributed by atoms with E-state index in [9.17, 15) is 4.79 Å². The third kappa shape index (κ3) is 2.11. The fraction of sp³-hybridized carbons (Fsp3) is 0.222. The van der Waals surface area contributed by atoms with Crippen LogP contribution in [0.4, 0.5) is 0 Å². The first kappa shape index (κ1) is 11.9. The maximum atomic E-state index is 11.1. The van der Waals surface area contributed by atoms with Crippen LogP contribution in [0.5, 0.6) is 11.5 Å². The minimum atomic E-state index is -0.673. The predicted molar refractivity (Wildman–Crippen MR) is 58.1 cm³/mol. The molecule has 0 fully saturated rings. The molecule has 0 bridgehead atoms. The van der Waals surface area contributed by atoms with Gasteiger partial charge in [0, 0.05) is 0 Å². The van der Waals surface area contributed by atoms with Gasteiger partial charge in [-0.2, -0.15) is 0 Å². The van der Waals surface area contributed by atoms with Gasteiger partial charge in [-0.05, 0) is 6.07 Å². The second-order valence-electron chi connectivity index (χ2n) is 2.65. The molecule has 0 aromatic heterocycles. The minimum Gasteiger partial charge on any atom is -0.495 e. The number of hydrogen-bond donors (Lipinski definition) is 1. The minimum absolute atomic E-state index is 0.0794. The summed E-state index contributed by atoms with van der Waals surface area (Å²) in [6.07, 6.45) is 0. The number of carbonyl (C=O) groups is 1. The standard InChI is InChI=1S/C9H9Cl2NO3/c1-14-5-3-4(9(12)13)6(10)8(15-2)7(5)11/h3H,1-2H3,(H2,12,13). The summed E-state index contributed by atoms with van der Waals surface area (Å²) in [5.41, 5.74) is 5.24. The Labute approximate surface area is 96.9 Å². The van der Waals surface area contributed by atoms with Crippen molar-refractivity contribution < 1.29 is 14.3 Å². The van der Waals surface area contributed by atoms with Gasteiger partial charge in [-0.25, -0.2) is 0 Å². The van der Waals surface area contributed by atoms with Crippen molar-refractivity contribution >= 4 is 29.1 Å². The van der Waals surface area contributed by atoms with Crippen molar-refractivity contribution in [1.82, 2.24) is 0 Å². The van der Waals surface area contributed by atoms with E-state index in [1.807, 2.05) is 0 Å². The molecule has 82 valence electrons. The number of benzene rings is 1. The average molecular weight is 250 g/mol. The molecule has 1 rings (SSSR count). The smallest absolute Gasteiger partial charge is 0.250 e. The zero-order valence-corrected chi connectivity index (χ0v) is 9.65. The lowest BCUT2D eigenvalue weighted by molar-refractivity contribution is 0.1000. The van der Waals surface area contributed by atoms with Crippen LogP contribution in [-0.2, 0) is 0 Å². The number of hydrogen-bond acceptors (Lipinski definition) is 3. The molecule has 0 saturated heterocycles. The fourth-order valence-corrected chi connectivity index (χ4v) is 1.77. The molecule has 15 heavy (non-hydrogen) atoms. The van der Waals surface area contributed by atoms with Crippen LogP contribution in [-0.4, -0.2) is 20.1 Å². The Hall–Kier alpha value is -1.13. The van der Waals surface area contributed by atoms with Gasteiger partial charge in [0.1, 0.15) is 10.8 Å². The van der Waals surface area contributed by atoms with E-state index in [4.69, 9.17) is 38.4 Å². The summed E-state index contributed by atoms with van der Waals surface area (Å²) in [5, 5.41) is 0.283. The highest BCUT2D eigenvalue weighted by Gasteiger charge is 2.19. The van der Waals surface area contributed by atoms with Gasteiger partial charge < -0.3 is 15.2 Å². The van der Waals surface area contributed by atoms with E-state index in [1.54, 1.807) is 0 Å². The lowest BCUT2D eigenvalue weighted by Crippen LogP contribution is -2.12. The van der Waals surface area contributed by atoms with Crippen molar-refractivity contribution in [1.29, 1.82) is 0 Å². The van der Waals surface area contributed by atoms with E-state index in [1.165, 1.54) is 20.3 Å². The van der Waals surface area contributed by atoms with Crippen molar-refractivity contribution in [3.63, 3.8) is 0 Å². The summed E-state index contributed by atoms with van der Waals surface area (Å²) in [5.74, 6) is -0.216. The molecule has 0 aliphatic carbocycles. The first-order valence-electron chi connectivity index (χ1n) is 3.92. The molecule has 6 heteroatoms. The number of ether oxygens (including phenoxy) is 2. The monoisotopic (exact) mass is 249 g/mol. The Bertz CT molecular complexity index is 407. The Kier molecular flexibility index (Phi) is 3.66. The van der Waals surface area contributed by atoms with E-state index >= 15 is 0 Å². The van der Waals surface area contributed by atoms with Gasteiger partial charge in [-0.3, -0.25) is 4.79 Å². The van der Waals surface area contributed by atoms with Crippen molar-refractivity contribution in [2.45, 2.75) is 0 Å². The quantitative estimate of drug-likeness (QED) is 0.893. The maximum Gasteiger partial charge on any atom is 0.250 e. The van der Waals surface area contributed by atoms with Crippen LogP contribution in [0.1, 0.15) is 10.4 Å². The molecule has 1 aromatic rings. The van der Waals surface area contributed by atoms with Crippen LogP contribution in [0.3, 0.4) is 0 Å². The molecule has 4 nitrogen and oxygen atoms in total. The number of rotatable bonds is 3. The molecule has 0 unspecified atom stereocenters. The zero-order chi connectivity index (χ0) is 11.6. The van der Waals surface area contributed by atoms with Crippen LogP contribution in [0.25, 0.3) is 0 Å². The van der Waals surface area contributed by atoms with Crippen molar-refractivity contribution in [2.24, 2.45) is 5.73 Å². The molecule has 0 atom stereocenters. The number of methoxy groups -OCH3 is 2. The van der Waals surface area contributed by atoms with Crippen molar-refractivity contribution in [3.8, 4) is 11.5 Å². The van der Waals surface area contributed by atoms with E-state index in [-0.39, 0.29) is 27.1 Å². The number of nitrogens with two attached hydrogens (primary N) is 1. The molecular weight excluding hydrogens is 241 g/mol. The van der Waals surface area contributed by atoms with Crippen molar-refractivity contribution in [3.05, 3.63) is 21.7 Å². The first-order valence-corrected chi connectivity index (χ1v) is 4.68. The first-order chi connectivity index (χ1) is 7.02. The second-order valence-corrected chi connectivity index (χ2v) is 3.41. The summed E-state index contributed by atoms with van der Waals surface area (Å²) < 4.78 is 9.91. The molecule has 0 aliphatic rings. The normalized spacial score (nSPS) is 9.87. The number of amides is 1. The molecular formula is C9H9Cl2NO3. The highest BCUT2D eigenvalue weighted by molar-refractivity contribution is 6.40. The Morgan fingerprint density at radius 2 is 1.87 bits per heavy atom. The number of carbonyl (C=O) groups excluding carboxylic acids is 1. The Morgan fingerprint density at radius 1 is 1.27 bits per heavy atom. The molecule has 0 radical (unpaired) electrons. The van der Waals surface area contributed by atoms with Gasteiger partial charge in [0.15, 0.2) is 5.75 Å². The van der Waals surface area contributed by atoms with Crippen LogP contribution in [0.2, 0.25) is 10.0 Å². The molecule has 0 spiro atoms. The summed E-state index contributed by atoms with van der Waals surface area (Å²) in [6, 6.07) is 1.37. The molecule has 1 aromatic carbocycles. The summed E-state index contributed by atoms with van der Waals surface area (Å²) in [6.45, 7) is 0. The maximum absolute atomic E-state index is 11.1. The third-order valence-electron chi connectivity index (χ3n) is 1.82. The summed E-state index contributed by atoms with van der Waals surface area (Å²) >= 11 is 11.8. The van der Waals surface area contributed by atoms with Crippen LogP contribution in [0, 0.1) is 0 Å². The molecule has 0 saturated carbocycles. The Morgan fingerprint density at radius 3 is 2.27 bits per heavy atom. The summed E-state index contributed by atoms with van der Waals surface area (Å²) in [4.78, 5) is 11.1. The van der Waals surface area contributed by atoms with Gasteiger partial charge >= 0.3 is 0 Å². The highest BCUT2D eigenvalue weighted by atomic mass is 35.5. The largest absolute Gasteiger partial charge is 0.495 e. The van der Waals surface area contributed by atoms with Crippen LogP contribution >= 0.6 is 23.2 Å². The third-order valence-corrected chi connectivity index (χ3v) is 2.55. The lowest BCUT2D eigenvalue weighted by atomic mass is 10.2. The van der Waals surface area contributed by atoms with Crippen molar-refractivity contribution in [2.75, 3.05) is 14.2 Å². The SMILES string of the molecule is COc1cc(C(N)=O)c(Cl)c(OC)c1Cl. The van der Waals surface area contributed by atoms with E-state index < -0.39 is 5.91 Å². The average Bonchev–Trinajstić information content (AvgIpc) is 2.18. The van der Waals surface area contributed by atoms with Gasteiger partial charge in [-0.1, -0.05) is 23.2 Å². The number of primary amides is 1. The van der Waals surface area contributed by atoms with Gasteiger partial charge in [0.05, 0.1) is 24.8 Å². The molecule has 2 N–H and O–H groups in total. The second kappa shape index (κ2) is 4.59. The van der Waals surface area contributed by atoms with E-state index in [0.717, 1.165) is 0 Å². The highest BCUT2D eigenvalue weighted by Crippen LogP contribution is 2.41. The molecule has 0 aliphatic heterocycles. The van der Waals surface area contributed by atoms with Crippen LogP contribution < -0.4 is 15.2 Å². The fourth-order valence-electron chi connectivity index (χ4n) is 1.10.